The summed E-state index contributed by atoms with van der Waals surface area (Å²) in [5, 5.41) is 23.5. The van der Waals surface area contributed by atoms with Gasteiger partial charge in [0.15, 0.2) is 5.41 Å². The van der Waals surface area contributed by atoms with Crippen molar-refractivity contribution in [2.24, 2.45) is 17.3 Å². The molecule has 8 heteroatoms. The Labute approximate surface area is 293 Å². The van der Waals surface area contributed by atoms with Gasteiger partial charge in [-0.1, -0.05) is 60.7 Å². The molecule has 4 fully saturated rings. The number of piperidine rings is 2. The van der Waals surface area contributed by atoms with Crippen LogP contribution in [0.4, 0.5) is 0 Å². The first kappa shape index (κ1) is 36.0. The van der Waals surface area contributed by atoms with Crippen LogP contribution in [0.5, 0.6) is 0 Å². The normalized spacial score (nSPS) is 28.0. The second-order valence-corrected chi connectivity index (χ2v) is 18.0. The Morgan fingerprint density at radius 2 is 1.00 bits per heavy atom. The van der Waals surface area contributed by atoms with Crippen molar-refractivity contribution in [1.29, 1.82) is 0 Å². The van der Waals surface area contributed by atoms with Gasteiger partial charge in [0.1, 0.15) is 0 Å². The third-order valence-corrected chi connectivity index (χ3v) is 12.8. The summed E-state index contributed by atoms with van der Waals surface area (Å²) in [5.74, 6) is -3.05. The minimum atomic E-state index is -2.16. The molecule has 4 aliphatic rings. The van der Waals surface area contributed by atoms with Gasteiger partial charge >= 0.3 is 11.9 Å². The first-order chi connectivity index (χ1) is 22.9. The van der Waals surface area contributed by atoms with Crippen LogP contribution in [-0.4, -0.2) is 92.6 Å². The van der Waals surface area contributed by atoms with Crippen molar-refractivity contribution in [1.82, 2.24) is 9.80 Å². The maximum atomic E-state index is 14.4. The van der Waals surface area contributed by atoms with E-state index in [-0.39, 0.29) is 52.6 Å². The van der Waals surface area contributed by atoms with Crippen molar-refractivity contribution in [3.8, 4) is 0 Å². The van der Waals surface area contributed by atoms with Gasteiger partial charge in [-0.05, 0) is 104 Å². The fraction of sp³-hybridized carbons (Fsp3) is 0.659. The molecule has 8 nitrogen and oxygen atoms in total. The second-order valence-electron chi connectivity index (χ2n) is 18.0. The van der Waals surface area contributed by atoms with E-state index in [2.05, 4.69) is 65.2 Å². The molecule has 4 saturated heterocycles. The second kappa shape index (κ2) is 12.5. The van der Waals surface area contributed by atoms with E-state index in [0.717, 1.165) is 37.4 Å². The van der Waals surface area contributed by atoms with Gasteiger partial charge in [0.2, 0.25) is 0 Å². The fourth-order valence-electron chi connectivity index (χ4n) is 11.1. The van der Waals surface area contributed by atoms with Crippen molar-refractivity contribution in [3.63, 3.8) is 0 Å². The average Bonchev–Trinajstić information content (AvgIpc) is 3.93. The zero-order chi connectivity index (χ0) is 35.6. The lowest BCUT2D eigenvalue weighted by Gasteiger charge is -2.66. The zero-order valence-corrected chi connectivity index (χ0v) is 30.9. The SMILES string of the molecule is CC1(C)CC(C(c2ccccc2)(C2CC(C)(C)N(CC3CO3)C(C)(C)C2)C(Cc2ccccc2)(C(=O)O)C(=O)O)CC(C)(C)N1CC1CO1. The molecule has 0 amide bonds. The molecule has 2 aromatic carbocycles. The summed E-state index contributed by atoms with van der Waals surface area (Å²) in [6.45, 7) is 21.2. The summed E-state index contributed by atoms with van der Waals surface area (Å²) in [5.41, 5.74) is -3.27. The number of likely N-dealkylation sites (tertiary alicyclic amines) is 2. The molecule has 4 heterocycles. The van der Waals surface area contributed by atoms with E-state index in [0.29, 0.717) is 25.7 Å². The average molecular weight is 675 g/mol. The highest BCUT2D eigenvalue weighted by Crippen LogP contribution is 2.65. The quantitative estimate of drug-likeness (QED) is 0.190. The number of nitrogens with zero attached hydrogens (tertiary/aromatic N) is 2. The van der Waals surface area contributed by atoms with E-state index in [1.165, 1.54) is 0 Å². The maximum Gasteiger partial charge on any atom is 0.322 e. The van der Waals surface area contributed by atoms with Gasteiger partial charge in [-0.25, -0.2) is 0 Å². The Hall–Kier alpha value is -2.78. The standard InChI is InChI=1S/C41H58N2O6/c1-36(2)20-30(21-37(3,4)42(36)24-32-26-48-32)41(29-17-13-10-14-18-29,40(34(44)45,35(46)47)19-28-15-11-9-12-16-28)31-22-38(5,6)43(25-33-27-49-33)39(7,8)23-31/h9-18,30-33H,19-27H2,1-8H3,(H,44,45)(H,46,47). The van der Waals surface area contributed by atoms with Gasteiger partial charge in [-0.3, -0.25) is 19.4 Å². The number of rotatable bonds is 12. The summed E-state index contributed by atoms with van der Waals surface area (Å²) in [7, 11) is 0. The third kappa shape index (κ3) is 6.36. The summed E-state index contributed by atoms with van der Waals surface area (Å²) >= 11 is 0. The van der Waals surface area contributed by atoms with Gasteiger partial charge in [-0.2, -0.15) is 0 Å². The Balaban J connectivity index is 1.64. The van der Waals surface area contributed by atoms with Crippen LogP contribution >= 0.6 is 0 Å². The van der Waals surface area contributed by atoms with Crippen LogP contribution in [0, 0.1) is 17.3 Å². The van der Waals surface area contributed by atoms with Gasteiger partial charge < -0.3 is 19.7 Å². The van der Waals surface area contributed by atoms with E-state index in [9.17, 15) is 19.8 Å². The molecule has 0 aromatic heterocycles. The zero-order valence-electron chi connectivity index (χ0n) is 30.9. The molecular formula is C41H58N2O6. The van der Waals surface area contributed by atoms with Crippen molar-refractivity contribution < 1.29 is 29.3 Å². The molecular weight excluding hydrogens is 616 g/mol. The van der Waals surface area contributed by atoms with Crippen molar-refractivity contribution in [3.05, 3.63) is 71.8 Å². The number of carboxylic acid groups (broad SMARTS) is 2. The van der Waals surface area contributed by atoms with E-state index in [4.69, 9.17) is 9.47 Å². The highest BCUT2D eigenvalue weighted by molar-refractivity contribution is 6.01. The first-order valence-electron chi connectivity index (χ1n) is 18.2. The molecule has 2 atom stereocenters. The van der Waals surface area contributed by atoms with Gasteiger partial charge in [0, 0.05) is 47.1 Å². The van der Waals surface area contributed by atoms with Crippen molar-refractivity contribution >= 4 is 11.9 Å². The van der Waals surface area contributed by atoms with Crippen LogP contribution < -0.4 is 0 Å². The highest BCUT2D eigenvalue weighted by Gasteiger charge is 2.72. The Morgan fingerprint density at radius 3 is 1.33 bits per heavy atom. The van der Waals surface area contributed by atoms with Crippen LogP contribution in [0.25, 0.3) is 0 Å². The van der Waals surface area contributed by atoms with E-state index in [1.807, 2.05) is 60.7 Å². The van der Waals surface area contributed by atoms with Gasteiger partial charge in [0.05, 0.1) is 25.4 Å². The molecule has 0 spiro atoms. The van der Waals surface area contributed by atoms with Gasteiger partial charge in [0.25, 0.3) is 0 Å². The molecule has 268 valence electrons. The molecule has 2 N–H and O–H groups in total. The van der Waals surface area contributed by atoms with Gasteiger partial charge in [-0.15, -0.1) is 0 Å². The first-order valence-corrected chi connectivity index (χ1v) is 18.2. The minimum Gasteiger partial charge on any atom is -0.480 e. The predicted molar refractivity (Wildman–Crippen MR) is 191 cm³/mol. The summed E-state index contributed by atoms with van der Waals surface area (Å²) < 4.78 is 11.4. The number of carboxylic acids is 2. The largest absolute Gasteiger partial charge is 0.480 e. The molecule has 49 heavy (non-hydrogen) atoms. The van der Waals surface area contributed by atoms with Crippen LogP contribution in [0.2, 0.25) is 0 Å². The van der Waals surface area contributed by atoms with Crippen LogP contribution in [0.1, 0.15) is 92.2 Å². The van der Waals surface area contributed by atoms with Crippen LogP contribution in [0.15, 0.2) is 60.7 Å². The highest BCUT2D eigenvalue weighted by atomic mass is 16.6. The summed E-state index contributed by atoms with van der Waals surface area (Å²) in [6, 6.07) is 19.4. The topological polar surface area (TPSA) is 106 Å². The van der Waals surface area contributed by atoms with Crippen molar-refractivity contribution in [2.45, 2.75) is 127 Å². The molecule has 0 bridgehead atoms. The molecule has 4 aliphatic heterocycles. The monoisotopic (exact) mass is 674 g/mol. The Bertz CT molecular complexity index is 1410. The van der Waals surface area contributed by atoms with E-state index >= 15 is 0 Å². The number of carbonyl (C=O) groups is 2. The van der Waals surface area contributed by atoms with E-state index < -0.39 is 22.8 Å². The van der Waals surface area contributed by atoms with Crippen LogP contribution in [0.3, 0.4) is 0 Å². The number of ether oxygens (including phenoxy) is 2. The molecule has 0 saturated carbocycles. The molecule has 2 unspecified atom stereocenters. The fourth-order valence-corrected chi connectivity index (χ4v) is 11.1. The lowest BCUT2D eigenvalue weighted by atomic mass is 9.42. The number of hydrogen-bond acceptors (Lipinski definition) is 6. The molecule has 0 aliphatic carbocycles. The smallest absolute Gasteiger partial charge is 0.322 e. The lowest BCUT2D eigenvalue weighted by Crippen LogP contribution is -2.72. The maximum absolute atomic E-state index is 14.4. The number of benzene rings is 2. The number of hydrogen-bond donors (Lipinski definition) is 2. The lowest BCUT2D eigenvalue weighted by molar-refractivity contribution is -0.191. The number of epoxide rings is 2. The molecule has 0 radical (unpaired) electrons. The summed E-state index contributed by atoms with van der Waals surface area (Å²) in [4.78, 5) is 33.9. The third-order valence-electron chi connectivity index (χ3n) is 12.8. The van der Waals surface area contributed by atoms with Crippen LogP contribution in [-0.2, 0) is 30.9 Å². The predicted octanol–water partition coefficient (Wildman–Crippen LogP) is 6.66. The summed E-state index contributed by atoms with van der Waals surface area (Å²) in [6.07, 6.45) is 2.92. The Morgan fingerprint density at radius 1 is 0.653 bits per heavy atom. The van der Waals surface area contributed by atoms with E-state index in [1.54, 1.807) is 0 Å². The molecule has 6 rings (SSSR count). The molecule has 2 aromatic rings. The number of aliphatic carboxylic acids is 2. The van der Waals surface area contributed by atoms with Crippen molar-refractivity contribution in [2.75, 3.05) is 26.3 Å². The Kier molecular flexibility index (Phi) is 9.17. The minimum absolute atomic E-state index is 0.110.